The van der Waals surface area contributed by atoms with Crippen LogP contribution in [0.25, 0.3) is 22.5 Å². The van der Waals surface area contributed by atoms with Gasteiger partial charge in [0.15, 0.2) is 5.16 Å². The van der Waals surface area contributed by atoms with Crippen LogP contribution >= 0.6 is 11.8 Å². The third kappa shape index (κ3) is 7.27. The molecule has 0 bridgehead atoms. The van der Waals surface area contributed by atoms with E-state index in [1.54, 1.807) is 26.0 Å². The minimum absolute atomic E-state index is 0.0441. The van der Waals surface area contributed by atoms with E-state index < -0.39 is 0 Å². The summed E-state index contributed by atoms with van der Waals surface area (Å²) in [6.45, 7) is 5.75. The minimum Gasteiger partial charge on any atom is -0.497 e. The number of imidazole rings is 1. The second-order valence-corrected chi connectivity index (χ2v) is 10.7. The van der Waals surface area contributed by atoms with Gasteiger partial charge in [-0.1, -0.05) is 44.2 Å². The second kappa shape index (κ2) is 14.6. The van der Waals surface area contributed by atoms with E-state index in [1.807, 2.05) is 48.5 Å². The zero-order chi connectivity index (χ0) is 28.3. The monoisotopic (exact) mass is 557 g/mol. The number of thioether (sulfide) groups is 1. The lowest BCUT2D eigenvalue weighted by atomic mass is 10.0. The van der Waals surface area contributed by atoms with E-state index in [4.69, 9.17) is 14.5 Å². The molecule has 0 fully saturated rings. The van der Waals surface area contributed by atoms with Crippen molar-refractivity contribution >= 4 is 17.7 Å². The number of amides is 1. The van der Waals surface area contributed by atoms with Crippen LogP contribution in [0, 0.1) is 0 Å². The summed E-state index contributed by atoms with van der Waals surface area (Å²) in [5, 5.41) is 4.01. The number of aromatic nitrogens is 2. The molecule has 0 radical (unpaired) electrons. The lowest BCUT2D eigenvalue weighted by molar-refractivity contribution is 0.0956. The van der Waals surface area contributed by atoms with Crippen LogP contribution < -0.4 is 14.8 Å². The van der Waals surface area contributed by atoms with E-state index in [9.17, 15) is 4.79 Å². The predicted octanol–water partition coefficient (Wildman–Crippen LogP) is 7.51. The van der Waals surface area contributed by atoms with Gasteiger partial charge in [0, 0.05) is 35.5 Å². The molecule has 0 aliphatic carbocycles. The van der Waals surface area contributed by atoms with Crippen LogP contribution in [0.15, 0.2) is 78.0 Å². The number of carbonyl (C=O) groups is 1. The first-order valence-corrected chi connectivity index (χ1v) is 15.0. The Balaban J connectivity index is 1.53. The van der Waals surface area contributed by atoms with Crippen LogP contribution in [-0.2, 0) is 13.0 Å². The molecule has 0 unspecified atom stereocenters. The van der Waals surface area contributed by atoms with Gasteiger partial charge < -0.3 is 19.4 Å². The van der Waals surface area contributed by atoms with E-state index >= 15 is 0 Å². The molecule has 0 aliphatic heterocycles. The number of nitrogens with zero attached hydrogens (tertiary/aromatic N) is 2. The molecule has 0 aliphatic rings. The quantitative estimate of drug-likeness (QED) is 0.128. The van der Waals surface area contributed by atoms with Gasteiger partial charge in [-0.2, -0.15) is 0 Å². The molecule has 0 saturated heterocycles. The van der Waals surface area contributed by atoms with Gasteiger partial charge in [-0.25, -0.2) is 4.98 Å². The first kappa shape index (κ1) is 29.3. The van der Waals surface area contributed by atoms with Crippen molar-refractivity contribution < 1.29 is 14.3 Å². The number of methoxy groups -OCH3 is 2. The average molecular weight is 558 g/mol. The summed E-state index contributed by atoms with van der Waals surface area (Å²) in [5.41, 5.74) is 6.08. The Hall–Kier alpha value is -3.71. The molecule has 1 heterocycles. The maximum atomic E-state index is 12.7. The summed E-state index contributed by atoms with van der Waals surface area (Å²) in [6.07, 6.45) is 4.35. The SMILES string of the molecule is CCCCc1ccc(C(=O)NCCSc2nc(-c3ccc(OC)cc3)c(-c3ccc(OC)cc3)n2CCC)cc1. The van der Waals surface area contributed by atoms with Gasteiger partial charge in [-0.15, -0.1) is 0 Å². The molecule has 210 valence electrons. The summed E-state index contributed by atoms with van der Waals surface area (Å²) in [5.74, 6) is 2.30. The molecule has 1 N–H and O–H groups in total. The first-order chi connectivity index (χ1) is 19.6. The van der Waals surface area contributed by atoms with Gasteiger partial charge in [0.05, 0.1) is 25.6 Å². The van der Waals surface area contributed by atoms with Crippen LogP contribution in [0.4, 0.5) is 0 Å². The van der Waals surface area contributed by atoms with Gasteiger partial charge in [0.25, 0.3) is 5.91 Å². The minimum atomic E-state index is -0.0441. The Bertz CT molecular complexity index is 1360. The van der Waals surface area contributed by atoms with Crippen LogP contribution in [-0.4, -0.2) is 42.0 Å². The molecule has 1 amide bonds. The molecule has 0 spiro atoms. The number of benzene rings is 3. The van der Waals surface area contributed by atoms with Crippen LogP contribution in [0.1, 0.15) is 49.0 Å². The zero-order valence-electron chi connectivity index (χ0n) is 23.9. The van der Waals surface area contributed by atoms with Crippen molar-refractivity contribution in [1.29, 1.82) is 0 Å². The smallest absolute Gasteiger partial charge is 0.251 e. The van der Waals surface area contributed by atoms with Crippen molar-refractivity contribution in [2.24, 2.45) is 0 Å². The highest BCUT2D eigenvalue weighted by Gasteiger charge is 2.20. The fourth-order valence-corrected chi connectivity index (χ4v) is 5.46. The molecule has 1 aromatic heterocycles. The molecule has 7 heteroatoms. The van der Waals surface area contributed by atoms with Gasteiger partial charge in [0.2, 0.25) is 0 Å². The molecular weight excluding hydrogens is 518 g/mol. The molecule has 0 saturated carbocycles. The van der Waals surface area contributed by atoms with Gasteiger partial charge in [-0.05, 0) is 85.5 Å². The number of ether oxygens (including phenoxy) is 2. The summed E-state index contributed by atoms with van der Waals surface area (Å²) < 4.78 is 13.1. The van der Waals surface area contributed by atoms with Crippen molar-refractivity contribution in [3.8, 4) is 34.0 Å². The largest absolute Gasteiger partial charge is 0.497 e. The van der Waals surface area contributed by atoms with Crippen molar-refractivity contribution in [3.05, 3.63) is 83.9 Å². The summed E-state index contributed by atoms with van der Waals surface area (Å²) in [7, 11) is 3.35. The Labute approximate surface area is 242 Å². The fraction of sp³-hybridized carbons (Fsp3) is 0.333. The van der Waals surface area contributed by atoms with E-state index in [0.717, 1.165) is 65.0 Å². The van der Waals surface area contributed by atoms with Crippen molar-refractivity contribution in [2.45, 2.75) is 51.2 Å². The lowest BCUT2D eigenvalue weighted by Crippen LogP contribution is -2.25. The molecule has 6 nitrogen and oxygen atoms in total. The molecule has 3 aromatic carbocycles. The Morgan fingerprint density at radius 3 is 2.05 bits per heavy atom. The number of unbranched alkanes of at least 4 members (excludes halogenated alkanes) is 1. The summed E-state index contributed by atoms with van der Waals surface area (Å²) >= 11 is 1.66. The lowest BCUT2D eigenvalue weighted by Gasteiger charge is -2.13. The van der Waals surface area contributed by atoms with Crippen molar-refractivity contribution in [2.75, 3.05) is 26.5 Å². The van der Waals surface area contributed by atoms with Gasteiger partial charge >= 0.3 is 0 Å². The Morgan fingerprint density at radius 1 is 0.850 bits per heavy atom. The predicted molar refractivity (Wildman–Crippen MR) is 165 cm³/mol. The van der Waals surface area contributed by atoms with E-state index in [2.05, 4.69) is 48.0 Å². The summed E-state index contributed by atoms with van der Waals surface area (Å²) in [6, 6.07) is 24.1. The van der Waals surface area contributed by atoms with Crippen LogP contribution in [0.2, 0.25) is 0 Å². The number of hydrogen-bond acceptors (Lipinski definition) is 5. The maximum absolute atomic E-state index is 12.7. The number of aryl methyl sites for hydroxylation is 1. The van der Waals surface area contributed by atoms with E-state index in [-0.39, 0.29) is 5.91 Å². The maximum Gasteiger partial charge on any atom is 0.251 e. The zero-order valence-corrected chi connectivity index (χ0v) is 24.7. The molecule has 4 rings (SSSR count). The third-order valence-electron chi connectivity index (χ3n) is 6.76. The second-order valence-electron chi connectivity index (χ2n) is 9.61. The number of hydrogen-bond donors (Lipinski definition) is 1. The van der Waals surface area contributed by atoms with Gasteiger partial charge in [0.1, 0.15) is 11.5 Å². The summed E-state index contributed by atoms with van der Waals surface area (Å²) in [4.78, 5) is 17.8. The highest BCUT2D eigenvalue weighted by molar-refractivity contribution is 7.99. The topological polar surface area (TPSA) is 65.4 Å². The number of nitrogens with one attached hydrogen (secondary N) is 1. The van der Waals surface area contributed by atoms with Gasteiger partial charge in [-0.3, -0.25) is 4.79 Å². The highest BCUT2D eigenvalue weighted by Crippen LogP contribution is 2.37. The number of carbonyl (C=O) groups excluding carboxylic acids is 1. The Morgan fingerprint density at radius 2 is 1.48 bits per heavy atom. The Kier molecular flexibility index (Phi) is 10.7. The van der Waals surface area contributed by atoms with Crippen LogP contribution in [0.3, 0.4) is 0 Å². The van der Waals surface area contributed by atoms with Crippen molar-refractivity contribution in [3.63, 3.8) is 0 Å². The average Bonchev–Trinajstić information content (AvgIpc) is 3.36. The third-order valence-corrected chi connectivity index (χ3v) is 7.74. The number of rotatable bonds is 14. The molecule has 40 heavy (non-hydrogen) atoms. The highest BCUT2D eigenvalue weighted by atomic mass is 32.2. The standard InChI is InChI=1S/C33H39N3O3S/c1-5-7-8-24-9-11-27(12-10-24)32(37)34-21-23-40-33-35-30(25-13-17-28(38-3)18-14-25)31(36(33)22-6-2)26-15-19-29(39-4)20-16-26/h9-20H,5-8,21-23H2,1-4H3,(H,34,37). The molecule has 0 atom stereocenters. The van der Waals surface area contributed by atoms with E-state index in [0.29, 0.717) is 17.9 Å². The molecule has 4 aromatic rings. The van der Waals surface area contributed by atoms with E-state index in [1.165, 1.54) is 12.0 Å². The first-order valence-electron chi connectivity index (χ1n) is 14.0. The molecular formula is C33H39N3O3S. The van der Waals surface area contributed by atoms with Crippen molar-refractivity contribution in [1.82, 2.24) is 14.9 Å². The normalized spacial score (nSPS) is 10.9. The van der Waals surface area contributed by atoms with Crippen LogP contribution in [0.5, 0.6) is 11.5 Å². The fourth-order valence-electron chi connectivity index (χ4n) is 4.58.